The molecule has 0 saturated carbocycles. The fourth-order valence-electron chi connectivity index (χ4n) is 1.48. The second kappa shape index (κ2) is 6.58. The van der Waals surface area contributed by atoms with Crippen molar-refractivity contribution in [1.82, 2.24) is 0 Å². The Morgan fingerprint density at radius 3 is 2.53 bits per heavy atom. The number of allylic oxidation sites excluding steroid dienone is 1. The molecular weight excluding hydrogens is 262 g/mol. The molecule has 0 aliphatic carbocycles. The van der Waals surface area contributed by atoms with Crippen LogP contribution in [-0.2, 0) is 9.84 Å². The van der Waals surface area contributed by atoms with E-state index >= 15 is 0 Å². The van der Waals surface area contributed by atoms with Gasteiger partial charge in [-0.3, -0.25) is 0 Å². The Kier molecular flexibility index (Phi) is 5.11. The third-order valence-corrected chi connectivity index (χ3v) is 4.28. The van der Waals surface area contributed by atoms with Gasteiger partial charge in [0.15, 0.2) is 9.84 Å². The molecule has 0 amide bonds. The topological polar surface area (TPSA) is 93.8 Å². The summed E-state index contributed by atoms with van der Waals surface area (Å²) in [6.45, 7) is 1.79. The SMILES string of the molecule is CCCS(=O)(=O)c1ccccc1NC=C(C#N)C#N. The molecule has 0 bridgehead atoms. The van der Waals surface area contributed by atoms with Gasteiger partial charge in [0.05, 0.1) is 16.3 Å². The fourth-order valence-corrected chi connectivity index (χ4v) is 2.98. The van der Waals surface area contributed by atoms with Crippen molar-refractivity contribution in [3.63, 3.8) is 0 Å². The number of hydrogen-bond donors (Lipinski definition) is 1. The highest BCUT2D eigenvalue weighted by molar-refractivity contribution is 7.91. The molecule has 1 N–H and O–H groups in total. The molecule has 0 atom stereocenters. The molecule has 5 nitrogen and oxygen atoms in total. The number of benzene rings is 1. The molecule has 0 aromatic heterocycles. The molecule has 19 heavy (non-hydrogen) atoms. The molecule has 0 fully saturated rings. The summed E-state index contributed by atoms with van der Waals surface area (Å²) in [6, 6.07) is 9.79. The summed E-state index contributed by atoms with van der Waals surface area (Å²) in [6.07, 6.45) is 1.72. The zero-order valence-corrected chi connectivity index (χ0v) is 11.2. The number of nitrogens with zero attached hydrogens (tertiary/aromatic N) is 2. The van der Waals surface area contributed by atoms with Crippen LogP contribution in [0, 0.1) is 22.7 Å². The van der Waals surface area contributed by atoms with Gasteiger partial charge >= 0.3 is 0 Å². The van der Waals surface area contributed by atoms with Crippen LogP contribution in [0.25, 0.3) is 0 Å². The highest BCUT2D eigenvalue weighted by Gasteiger charge is 2.16. The van der Waals surface area contributed by atoms with Crippen LogP contribution in [0.1, 0.15) is 13.3 Å². The van der Waals surface area contributed by atoms with E-state index in [1.807, 2.05) is 0 Å². The Hall–Kier alpha value is -2.31. The molecular formula is C13H13N3O2S. The highest BCUT2D eigenvalue weighted by Crippen LogP contribution is 2.22. The Bertz CT molecular complexity index is 648. The molecule has 1 rings (SSSR count). The fraction of sp³-hybridized carbons (Fsp3) is 0.231. The van der Waals surface area contributed by atoms with Crippen molar-refractivity contribution in [3.8, 4) is 12.1 Å². The molecule has 0 saturated heterocycles. The maximum atomic E-state index is 12.0. The third kappa shape index (κ3) is 3.84. The number of nitriles is 2. The lowest BCUT2D eigenvalue weighted by atomic mass is 10.3. The third-order valence-electron chi connectivity index (χ3n) is 2.31. The minimum absolute atomic E-state index is 0.0543. The number of sulfone groups is 1. The molecule has 1 aromatic rings. The maximum Gasteiger partial charge on any atom is 0.180 e. The minimum atomic E-state index is -3.36. The summed E-state index contributed by atoms with van der Waals surface area (Å²) < 4.78 is 24.1. The summed E-state index contributed by atoms with van der Waals surface area (Å²) in [5, 5.41) is 19.9. The van der Waals surface area contributed by atoms with Gasteiger partial charge in [-0.15, -0.1) is 0 Å². The zero-order valence-electron chi connectivity index (χ0n) is 10.4. The van der Waals surface area contributed by atoms with Crippen molar-refractivity contribution in [1.29, 1.82) is 10.5 Å². The Morgan fingerprint density at radius 1 is 1.32 bits per heavy atom. The predicted octanol–water partition coefficient (Wildman–Crippen LogP) is 2.21. The number of hydrogen-bond acceptors (Lipinski definition) is 5. The minimum Gasteiger partial charge on any atom is -0.359 e. The van der Waals surface area contributed by atoms with Gasteiger partial charge in [-0.2, -0.15) is 10.5 Å². The summed E-state index contributed by atoms with van der Waals surface area (Å²) in [4.78, 5) is 0.170. The van der Waals surface area contributed by atoms with E-state index < -0.39 is 9.84 Å². The first-order valence-corrected chi connectivity index (χ1v) is 7.29. The van der Waals surface area contributed by atoms with Gasteiger partial charge < -0.3 is 5.32 Å². The molecule has 0 aliphatic heterocycles. The quantitative estimate of drug-likeness (QED) is 0.831. The van der Waals surface area contributed by atoms with Gasteiger partial charge in [-0.05, 0) is 18.6 Å². The van der Waals surface area contributed by atoms with E-state index in [1.165, 1.54) is 12.3 Å². The molecule has 6 heteroatoms. The van der Waals surface area contributed by atoms with Gasteiger partial charge in [-0.1, -0.05) is 19.1 Å². The summed E-state index contributed by atoms with van der Waals surface area (Å²) in [7, 11) is -3.36. The van der Waals surface area contributed by atoms with E-state index in [0.29, 0.717) is 12.1 Å². The average Bonchev–Trinajstić information content (AvgIpc) is 2.40. The highest BCUT2D eigenvalue weighted by atomic mass is 32.2. The van der Waals surface area contributed by atoms with Crippen LogP contribution < -0.4 is 5.32 Å². The van der Waals surface area contributed by atoms with Crippen LogP contribution >= 0.6 is 0 Å². The van der Waals surface area contributed by atoms with Crippen LogP contribution in [0.15, 0.2) is 40.9 Å². The lowest BCUT2D eigenvalue weighted by molar-refractivity contribution is 0.595. The second-order valence-corrected chi connectivity index (χ2v) is 5.82. The number of anilines is 1. The monoisotopic (exact) mass is 275 g/mol. The second-order valence-electron chi connectivity index (χ2n) is 3.74. The van der Waals surface area contributed by atoms with Gasteiger partial charge in [0.2, 0.25) is 0 Å². The largest absolute Gasteiger partial charge is 0.359 e. The Balaban J connectivity index is 3.16. The molecule has 0 unspecified atom stereocenters. The van der Waals surface area contributed by atoms with E-state index in [9.17, 15) is 8.42 Å². The molecule has 0 spiro atoms. The lowest BCUT2D eigenvalue weighted by Gasteiger charge is -2.09. The summed E-state index contributed by atoms with van der Waals surface area (Å²) in [5.41, 5.74) is 0.238. The van der Waals surface area contributed by atoms with Crippen molar-refractivity contribution >= 4 is 15.5 Å². The van der Waals surface area contributed by atoms with Crippen molar-refractivity contribution in [2.24, 2.45) is 0 Å². The Labute approximate surface area is 112 Å². The number of nitrogens with one attached hydrogen (secondary N) is 1. The smallest absolute Gasteiger partial charge is 0.180 e. The Morgan fingerprint density at radius 2 is 1.95 bits per heavy atom. The van der Waals surface area contributed by atoms with Crippen molar-refractivity contribution in [2.45, 2.75) is 18.2 Å². The standard InChI is InChI=1S/C13H13N3O2S/c1-2-7-19(17,18)13-6-4-3-5-12(13)16-10-11(8-14)9-15/h3-6,10,16H,2,7H2,1H3. The molecule has 0 heterocycles. The zero-order chi connectivity index (χ0) is 14.3. The first-order chi connectivity index (χ1) is 9.05. The summed E-state index contributed by atoms with van der Waals surface area (Å²) in [5.74, 6) is 0.0543. The predicted molar refractivity (Wildman–Crippen MR) is 71.7 cm³/mol. The van der Waals surface area contributed by atoms with E-state index in [1.54, 1.807) is 37.3 Å². The van der Waals surface area contributed by atoms with E-state index in [0.717, 1.165) is 0 Å². The van der Waals surface area contributed by atoms with Crippen molar-refractivity contribution < 1.29 is 8.42 Å². The van der Waals surface area contributed by atoms with Crippen LogP contribution in [-0.4, -0.2) is 14.2 Å². The first kappa shape index (κ1) is 14.7. The number of para-hydroxylation sites is 1. The maximum absolute atomic E-state index is 12.0. The normalized spacial score (nSPS) is 10.1. The molecule has 1 aromatic carbocycles. The van der Waals surface area contributed by atoms with Crippen LogP contribution in [0.2, 0.25) is 0 Å². The van der Waals surface area contributed by atoms with Crippen LogP contribution in [0.4, 0.5) is 5.69 Å². The average molecular weight is 275 g/mol. The van der Waals surface area contributed by atoms with Crippen LogP contribution in [0.5, 0.6) is 0 Å². The van der Waals surface area contributed by atoms with Crippen molar-refractivity contribution in [2.75, 3.05) is 11.1 Å². The molecule has 0 radical (unpaired) electrons. The van der Waals surface area contributed by atoms with Crippen LogP contribution in [0.3, 0.4) is 0 Å². The summed E-state index contributed by atoms with van der Waals surface area (Å²) >= 11 is 0. The van der Waals surface area contributed by atoms with E-state index in [4.69, 9.17) is 10.5 Å². The first-order valence-electron chi connectivity index (χ1n) is 5.64. The van der Waals surface area contributed by atoms with E-state index in [2.05, 4.69) is 5.32 Å². The van der Waals surface area contributed by atoms with Gasteiger partial charge in [0.25, 0.3) is 0 Å². The lowest BCUT2D eigenvalue weighted by Crippen LogP contribution is -2.08. The molecule has 98 valence electrons. The van der Waals surface area contributed by atoms with Gasteiger partial charge in [0, 0.05) is 6.20 Å². The number of rotatable bonds is 5. The van der Waals surface area contributed by atoms with Gasteiger partial charge in [-0.25, -0.2) is 8.42 Å². The van der Waals surface area contributed by atoms with Crippen molar-refractivity contribution in [3.05, 3.63) is 36.0 Å². The molecule has 0 aliphatic rings. The van der Waals surface area contributed by atoms with Gasteiger partial charge in [0.1, 0.15) is 17.7 Å². The van der Waals surface area contributed by atoms with E-state index in [-0.39, 0.29) is 16.2 Å².